The van der Waals surface area contributed by atoms with Gasteiger partial charge in [-0.25, -0.2) is 4.39 Å². The fourth-order valence-corrected chi connectivity index (χ4v) is 2.65. The van der Waals surface area contributed by atoms with Crippen molar-refractivity contribution in [1.29, 1.82) is 0 Å². The molecule has 0 aliphatic carbocycles. The molecule has 1 aliphatic heterocycles. The first-order valence-electron chi connectivity index (χ1n) is 7.69. The van der Waals surface area contributed by atoms with Crippen molar-refractivity contribution in [2.24, 2.45) is 0 Å². The number of carbonyl (C=O) groups is 2. The number of furan rings is 1. The van der Waals surface area contributed by atoms with Crippen LogP contribution in [0.2, 0.25) is 0 Å². The monoisotopic (exact) mass is 341 g/mol. The van der Waals surface area contributed by atoms with Crippen molar-refractivity contribution in [3.05, 3.63) is 83.3 Å². The SMILES string of the molecule is C=CCN1CC(C(=O)c2ccc(Cc3ccc(F)cc3)o2)=C(O)C1=O. The quantitative estimate of drug-likeness (QED) is 0.648. The van der Waals surface area contributed by atoms with Crippen molar-refractivity contribution in [1.82, 2.24) is 4.90 Å². The molecule has 2 aromatic rings. The third-order valence-electron chi connectivity index (χ3n) is 3.93. The molecule has 0 saturated carbocycles. The highest BCUT2D eigenvalue weighted by atomic mass is 19.1. The third kappa shape index (κ3) is 3.38. The van der Waals surface area contributed by atoms with E-state index in [9.17, 15) is 19.1 Å². The van der Waals surface area contributed by atoms with Gasteiger partial charge in [0.1, 0.15) is 11.6 Å². The van der Waals surface area contributed by atoms with Gasteiger partial charge in [0, 0.05) is 13.0 Å². The molecule has 0 radical (unpaired) electrons. The fourth-order valence-electron chi connectivity index (χ4n) is 2.65. The standard InChI is InChI=1S/C19H16FNO4/c1-2-9-21-11-15(18(23)19(21)24)17(22)16-8-7-14(25-16)10-12-3-5-13(20)6-4-12/h2-8,23H,1,9-11H2. The molecule has 0 unspecified atom stereocenters. The van der Waals surface area contributed by atoms with Crippen molar-refractivity contribution in [2.75, 3.05) is 13.1 Å². The fraction of sp³-hybridized carbons (Fsp3) is 0.158. The minimum atomic E-state index is -0.596. The van der Waals surface area contributed by atoms with E-state index >= 15 is 0 Å². The second kappa shape index (κ2) is 6.76. The number of aliphatic hydroxyl groups is 1. The lowest BCUT2D eigenvalue weighted by Crippen LogP contribution is -2.27. The predicted molar refractivity (Wildman–Crippen MR) is 88.7 cm³/mol. The maximum Gasteiger partial charge on any atom is 0.289 e. The molecule has 128 valence electrons. The molecule has 1 aromatic heterocycles. The Balaban J connectivity index is 1.76. The third-order valence-corrected chi connectivity index (χ3v) is 3.93. The van der Waals surface area contributed by atoms with Crippen LogP contribution in [0.15, 0.2) is 64.8 Å². The number of halogens is 1. The van der Waals surface area contributed by atoms with Crippen LogP contribution < -0.4 is 0 Å². The van der Waals surface area contributed by atoms with Gasteiger partial charge in [0.15, 0.2) is 11.5 Å². The predicted octanol–water partition coefficient (Wildman–Crippen LogP) is 3.03. The van der Waals surface area contributed by atoms with Crippen molar-refractivity contribution >= 4 is 11.7 Å². The van der Waals surface area contributed by atoms with Crippen molar-refractivity contribution in [3.8, 4) is 0 Å². The average molecular weight is 341 g/mol. The minimum Gasteiger partial charge on any atom is -0.503 e. The molecular weight excluding hydrogens is 325 g/mol. The summed E-state index contributed by atoms with van der Waals surface area (Å²) in [6.07, 6.45) is 1.92. The van der Waals surface area contributed by atoms with Crippen LogP contribution in [0, 0.1) is 5.82 Å². The maximum absolute atomic E-state index is 12.9. The van der Waals surface area contributed by atoms with Crippen LogP contribution in [0.1, 0.15) is 21.9 Å². The average Bonchev–Trinajstić information content (AvgIpc) is 3.17. The van der Waals surface area contributed by atoms with E-state index in [1.807, 2.05) is 0 Å². The van der Waals surface area contributed by atoms with E-state index in [2.05, 4.69) is 6.58 Å². The normalized spacial score (nSPS) is 14.3. The number of rotatable bonds is 6. The van der Waals surface area contributed by atoms with E-state index in [0.29, 0.717) is 12.2 Å². The Morgan fingerprint density at radius 2 is 2.00 bits per heavy atom. The summed E-state index contributed by atoms with van der Waals surface area (Å²) in [7, 11) is 0. The van der Waals surface area contributed by atoms with E-state index < -0.39 is 17.4 Å². The molecule has 0 atom stereocenters. The van der Waals surface area contributed by atoms with E-state index in [-0.39, 0.29) is 30.2 Å². The van der Waals surface area contributed by atoms with Gasteiger partial charge in [-0.2, -0.15) is 0 Å². The summed E-state index contributed by atoms with van der Waals surface area (Å²) in [4.78, 5) is 25.7. The van der Waals surface area contributed by atoms with Gasteiger partial charge in [0.05, 0.1) is 12.1 Å². The highest BCUT2D eigenvalue weighted by Crippen LogP contribution is 2.23. The van der Waals surface area contributed by atoms with Crippen molar-refractivity contribution < 1.29 is 23.5 Å². The van der Waals surface area contributed by atoms with Gasteiger partial charge < -0.3 is 14.4 Å². The lowest BCUT2D eigenvalue weighted by molar-refractivity contribution is -0.127. The number of amides is 1. The summed E-state index contributed by atoms with van der Waals surface area (Å²) >= 11 is 0. The Morgan fingerprint density at radius 1 is 1.28 bits per heavy atom. The number of ketones is 1. The van der Waals surface area contributed by atoms with E-state index in [1.54, 1.807) is 18.2 Å². The number of Topliss-reactive ketones (excluding diaryl/α,β-unsaturated/α-hetero) is 1. The van der Waals surface area contributed by atoms with E-state index in [1.165, 1.54) is 29.2 Å². The number of nitrogens with zero attached hydrogens (tertiary/aromatic N) is 1. The molecule has 3 rings (SSSR count). The lowest BCUT2D eigenvalue weighted by Gasteiger charge is -2.12. The summed E-state index contributed by atoms with van der Waals surface area (Å²) in [6.45, 7) is 3.80. The molecule has 0 bridgehead atoms. The molecule has 1 aromatic carbocycles. The molecule has 0 spiro atoms. The summed E-state index contributed by atoms with van der Waals surface area (Å²) < 4.78 is 18.5. The molecule has 1 aliphatic rings. The smallest absolute Gasteiger partial charge is 0.289 e. The molecule has 6 heteroatoms. The molecule has 1 amide bonds. The Hall–Kier alpha value is -3.15. The van der Waals surface area contributed by atoms with Crippen LogP contribution in [-0.4, -0.2) is 34.8 Å². The number of benzene rings is 1. The van der Waals surface area contributed by atoms with Gasteiger partial charge in [-0.05, 0) is 29.8 Å². The van der Waals surface area contributed by atoms with Crippen LogP contribution in [0.25, 0.3) is 0 Å². The van der Waals surface area contributed by atoms with E-state index in [0.717, 1.165) is 5.56 Å². The van der Waals surface area contributed by atoms with Crippen molar-refractivity contribution in [3.63, 3.8) is 0 Å². The molecular formula is C19H16FNO4. The zero-order chi connectivity index (χ0) is 18.0. The molecule has 2 heterocycles. The summed E-state index contributed by atoms with van der Waals surface area (Å²) in [5, 5.41) is 9.91. The first-order valence-corrected chi connectivity index (χ1v) is 7.69. The molecule has 0 saturated heterocycles. The van der Waals surface area contributed by atoms with Crippen LogP contribution in [-0.2, 0) is 11.2 Å². The van der Waals surface area contributed by atoms with Gasteiger partial charge >= 0.3 is 0 Å². The Morgan fingerprint density at radius 3 is 2.68 bits per heavy atom. The van der Waals surface area contributed by atoms with Crippen LogP contribution in [0.5, 0.6) is 0 Å². The topological polar surface area (TPSA) is 70.8 Å². The largest absolute Gasteiger partial charge is 0.503 e. The minimum absolute atomic E-state index is 0.00883. The van der Waals surface area contributed by atoms with Gasteiger partial charge in [0.25, 0.3) is 5.91 Å². The van der Waals surface area contributed by atoms with Gasteiger partial charge in [0.2, 0.25) is 5.78 Å². The highest BCUT2D eigenvalue weighted by Gasteiger charge is 2.34. The zero-order valence-corrected chi connectivity index (χ0v) is 13.4. The van der Waals surface area contributed by atoms with Crippen LogP contribution in [0.4, 0.5) is 4.39 Å². The summed E-state index contributed by atoms with van der Waals surface area (Å²) in [5.74, 6) is -1.42. The second-order valence-electron chi connectivity index (χ2n) is 5.70. The number of carbonyl (C=O) groups excluding carboxylic acids is 2. The van der Waals surface area contributed by atoms with Crippen LogP contribution >= 0.6 is 0 Å². The number of aliphatic hydroxyl groups excluding tert-OH is 1. The first-order chi connectivity index (χ1) is 12.0. The van der Waals surface area contributed by atoms with E-state index in [4.69, 9.17) is 4.42 Å². The Labute approximate surface area is 143 Å². The number of hydrogen-bond donors (Lipinski definition) is 1. The Bertz CT molecular complexity index is 864. The molecule has 25 heavy (non-hydrogen) atoms. The summed E-state index contributed by atoms with van der Waals surface area (Å²) in [5.41, 5.74) is 0.847. The molecule has 1 N–H and O–H groups in total. The molecule has 5 nitrogen and oxygen atoms in total. The second-order valence-corrected chi connectivity index (χ2v) is 5.70. The lowest BCUT2D eigenvalue weighted by atomic mass is 10.1. The van der Waals surface area contributed by atoms with Gasteiger partial charge in [-0.3, -0.25) is 9.59 Å². The maximum atomic E-state index is 12.9. The van der Waals surface area contributed by atoms with Gasteiger partial charge in [-0.15, -0.1) is 6.58 Å². The van der Waals surface area contributed by atoms with Gasteiger partial charge in [-0.1, -0.05) is 18.2 Å². The summed E-state index contributed by atoms with van der Waals surface area (Å²) in [6, 6.07) is 9.12. The van der Waals surface area contributed by atoms with Crippen molar-refractivity contribution in [2.45, 2.75) is 6.42 Å². The Kier molecular flexibility index (Phi) is 4.52. The number of hydrogen-bond acceptors (Lipinski definition) is 4. The molecule has 0 fully saturated rings. The zero-order valence-electron chi connectivity index (χ0n) is 13.4. The van der Waals surface area contributed by atoms with Crippen LogP contribution in [0.3, 0.4) is 0 Å². The highest BCUT2D eigenvalue weighted by molar-refractivity contribution is 6.14. The first kappa shape index (κ1) is 16.7.